The van der Waals surface area contributed by atoms with E-state index in [1.807, 2.05) is 0 Å². The zero-order valence-electron chi connectivity index (χ0n) is 16.7. The van der Waals surface area contributed by atoms with Gasteiger partial charge < -0.3 is 14.9 Å². The summed E-state index contributed by atoms with van der Waals surface area (Å²) in [5, 5.41) is 15.2. The van der Waals surface area contributed by atoms with Gasteiger partial charge in [0, 0.05) is 13.2 Å². The standard InChI is InChI=1S/C7H16O.C2H6O2.6C2H4/c1-3-5-7-8-6-4-2;3-1-2-4;6*1-2/h3-7H2,1-2H3;3-4H,1-2H2;6*1-2H2. The van der Waals surface area contributed by atoms with Crippen LogP contribution in [0.25, 0.3) is 0 Å². The molecule has 0 aromatic rings. The Bertz CT molecular complexity index is 96.1. The molecule has 0 amide bonds. The fourth-order valence-electron chi connectivity index (χ4n) is 0.493. The number of rotatable bonds is 6. The molecule has 148 valence electrons. The topological polar surface area (TPSA) is 49.7 Å². The lowest BCUT2D eigenvalue weighted by molar-refractivity contribution is 0.132. The Morgan fingerprint density at radius 3 is 1.00 bits per heavy atom. The van der Waals surface area contributed by atoms with Crippen LogP contribution in [0.3, 0.4) is 0 Å². The molecule has 0 aromatic carbocycles. The van der Waals surface area contributed by atoms with Gasteiger partial charge in [0.15, 0.2) is 0 Å². The van der Waals surface area contributed by atoms with Crippen molar-refractivity contribution in [1.29, 1.82) is 0 Å². The average Bonchev–Trinajstić information content (AvgIpc) is 2.74. The monoisotopic (exact) mass is 346 g/mol. The Morgan fingerprint density at radius 1 is 0.542 bits per heavy atom. The fourth-order valence-corrected chi connectivity index (χ4v) is 0.493. The van der Waals surface area contributed by atoms with Crippen molar-refractivity contribution in [1.82, 2.24) is 0 Å². The van der Waals surface area contributed by atoms with Crippen LogP contribution in [0.2, 0.25) is 0 Å². The molecule has 0 rings (SSSR count). The third-order valence-corrected chi connectivity index (χ3v) is 1.09. The molecule has 0 saturated carbocycles. The molecule has 3 nitrogen and oxygen atoms in total. The molecule has 0 aliphatic carbocycles. The Kier molecular flexibility index (Phi) is 454. The van der Waals surface area contributed by atoms with Crippen LogP contribution in [-0.4, -0.2) is 36.6 Å². The molecule has 3 heteroatoms. The minimum Gasteiger partial charge on any atom is -0.394 e. The van der Waals surface area contributed by atoms with Crippen LogP contribution in [0.1, 0.15) is 33.1 Å². The second-order valence-electron chi connectivity index (χ2n) is 2.41. The van der Waals surface area contributed by atoms with Gasteiger partial charge >= 0.3 is 0 Å². The summed E-state index contributed by atoms with van der Waals surface area (Å²) in [5.41, 5.74) is 0. The summed E-state index contributed by atoms with van der Waals surface area (Å²) in [6, 6.07) is 0. The van der Waals surface area contributed by atoms with Crippen molar-refractivity contribution < 1.29 is 14.9 Å². The lowest BCUT2D eigenvalue weighted by Gasteiger charge is -1.97. The van der Waals surface area contributed by atoms with E-state index in [2.05, 4.69) is 92.8 Å². The molecule has 0 unspecified atom stereocenters. The van der Waals surface area contributed by atoms with E-state index in [1.165, 1.54) is 12.8 Å². The van der Waals surface area contributed by atoms with Gasteiger partial charge in [0.2, 0.25) is 0 Å². The van der Waals surface area contributed by atoms with Gasteiger partial charge in [0.1, 0.15) is 0 Å². The quantitative estimate of drug-likeness (QED) is 0.458. The molecule has 0 bridgehead atoms. The van der Waals surface area contributed by atoms with Crippen molar-refractivity contribution in [2.45, 2.75) is 33.1 Å². The first kappa shape index (κ1) is 49.5. The number of aliphatic hydroxyl groups is 2. The number of ether oxygens (including phenoxy) is 1. The maximum atomic E-state index is 7.62. The van der Waals surface area contributed by atoms with Gasteiger partial charge in [-0.1, -0.05) is 20.3 Å². The Balaban J connectivity index is -0.0000000229. The van der Waals surface area contributed by atoms with Crippen molar-refractivity contribution in [3.63, 3.8) is 0 Å². The maximum Gasteiger partial charge on any atom is 0.0662 e. The van der Waals surface area contributed by atoms with E-state index in [0.717, 1.165) is 19.6 Å². The average molecular weight is 347 g/mol. The van der Waals surface area contributed by atoms with Gasteiger partial charge in [-0.2, -0.15) is 0 Å². The van der Waals surface area contributed by atoms with Crippen molar-refractivity contribution in [3.05, 3.63) is 78.9 Å². The Morgan fingerprint density at radius 2 is 0.833 bits per heavy atom. The van der Waals surface area contributed by atoms with Crippen LogP contribution in [-0.2, 0) is 4.74 Å². The van der Waals surface area contributed by atoms with Crippen LogP contribution in [0, 0.1) is 0 Å². The Labute approximate surface area is 154 Å². The van der Waals surface area contributed by atoms with Crippen molar-refractivity contribution in [2.75, 3.05) is 26.4 Å². The number of hydrogen-bond acceptors (Lipinski definition) is 3. The van der Waals surface area contributed by atoms with Crippen LogP contribution in [0.5, 0.6) is 0 Å². The minimum atomic E-state index is -0.125. The van der Waals surface area contributed by atoms with Gasteiger partial charge in [0.05, 0.1) is 13.2 Å². The largest absolute Gasteiger partial charge is 0.394 e. The first-order chi connectivity index (χ1) is 11.8. The van der Waals surface area contributed by atoms with E-state index in [0.29, 0.717) is 0 Å². The molecule has 0 aliphatic heterocycles. The van der Waals surface area contributed by atoms with E-state index < -0.39 is 0 Å². The Hall–Kier alpha value is -1.68. The molecule has 0 aliphatic rings. The van der Waals surface area contributed by atoms with Gasteiger partial charge in [-0.3, -0.25) is 0 Å². The van der Waals surface area contributed by atoms with Gasteiger partial charge in [-0.25, -0.2) is 0 Å². The van der Waals surface area contributed by atoms with Gasteiger partial charge in [-0.15, -0.1) is 78.9 Å². The molecule has 0 saturated heterocycles. The summed E-state index contributed by atoms with van der Waals surface area (Å²) in [4.78, 5) is 0. The minimum absolute atomic E-state index is 0.125. The lowest BCUT2D eigenvalue weighted by atomic mass is 10.4. The van der Waals surface area contributed by atoms with Crippen LogP contribution in [0.4, 0.5) is 0 Å². The molecular formula is C21H46O3. The molecule has 2 N–H and O–H groups in total. The summed E-state index contributed by atoms with van der Waals surface area (Å²) in [6.07, 6.45) is 3.59. The van der Waals surface area contributed by atoms with Gasteiger partial charge in [0.25, 0.3) is 0 Å². The maximum absolute atomic E-state index is 7.62. The summed E-state index contributed by atoms with van der Waals surface area (Å²) in [5.74, 6) is 0. The first-order valence-electron chi connectivity index (χ1n) is 7.62. The van der Waals surface area contributed by atoms with Crippen LogP contribution in [0.15, 0.2) is 78.9 Å². The van der Waals surface area contributed by atoms with E-state index in [-0.39, 0.29) is 13.2 Å². The number of unbranched alkanes of at least 4 members (excludes halogenated alkanes) is 1. The highest BCUT2D eigenvalue weighted by molar-refractivity contribution is 4.31. The number of hydrogen-bond donors (Lipinski definition) is 2. The molecule has 0 spiro atoms. The van der Waals surface area contributed by atoms with Crippen LogP contribution < -0.4 is 0 Å². The van der Waals surface area contributed by atoms with Crippen LogP contribution >= 0.6 is 0 Å². The van der Waals surface area contributed by atoms with Crippen molar-refractivity contribution >= 4 is 0 Å². The summed E-state index contributed by atoms with van der Waals surface area (Å²) < 4.78 is 5.22. The zero-order chi connectivity index (χ0) is 21.7. The summed E-state index contributed by atoms with van der Waals surface area (Å²) in [6.45, 7) is 41.9. The molecular weight excluding hydrogens is 300 g/mol. The normalized spacial score (nSPS) is 5.50. The highest BCUT2D eigenvalue weighted by Gasteiger charge is 1.81. The highest BCUT2D eigenvalue weighted by atomic mass is 16.5. The fraction of sp³-hybridized carbons (Fsp3) is 0.429. The SMILES string of the molecule is C=C.C=C.C=C.C=C.C=C.C=C.CCCCOCCC.OCCO. The third-order valence-electron chi connectivity index (χ3n) is 1.09. The first-order valence-corrected chi connectivity index (χ1v) is 7.62. The smallest absolute Gasteiger partial charge is 0.0662 e. The highest BCUT2D eigenvalue weighted by Crippen LogP contribution is 1.88. The van der Waals surface area contributed by atoms with Crippen molar-refractivity contribution in [3.8, 4) is 0 Å². The molecule has 0 atom stereocenters. The molecule has 0 radical (unpaired) electrons. The second kappa shape index (κ2) is 220. The van der Waals surface area contributed by atoms with E-state index in [4.69, 9.17) is 14.9 Å². The number of aliphatic hydroxyl groups excluding tert-OH is 2. The van der Waals surface area contributed by atoms with E-state index in [1.54, 1.807) is 0 Å². The predicted octanol–water partition coefficient (Wildman–Crippen LogP) is 6.00. The van der Waals surface area contributed by atoms with E-state index >= 15 is 0 Å². The summed E-state index contributed by atoms with van der Waals surface area (Å²) >= 11 is 0. The zero-order valence-corrected chi connectivity index (χ0v) is 16.7. The molecule has 0 heterocycles. The third kappa shape index (κ3) is 406. The molecule has 0 aromatic heterocycles. The molecule has 24 heavy (non-hydrogen) atoms. The van der Waals surface area contributed by atoms with Crippen molar-refractivity contribution in [2.24, 2.45) is 0 Å². The van der Waals surface area contributed by atoms with Gasteiger partial charge in [-0.05, 0) is 12.8 Å². The van der Waals surface area contributed by atoms with E-state index in [9.17, 15) is 0 Å². The second-order valence-corrected chi connectivity index (χ2v) is 2.41. The predicted molar refractivity (Wildman–Crippen MR) is 118 cm³/mol. The summed E-state index contributed by atoms with van der Waals surface area (Å²) in [7, 11) is 0. The molecule has 0 fully saturated rings. The lowest BCUT2D eigenvalue weighted by Crippen LogP contribution is -1.93.